The molecule has 2 aliphatic rings. The van der Waals surface area contributed by atoms with Crippen LogP contribution < -0.4 is 16.1 Å². The lowest BCUT2D eigenvalue weighted by Gasteiger charge is -2.23. The quantitative estimate of drug-likeness (QED) is 0.778. The van der Waals surface area contributed by atoms with Crippen LogP contribution in [0.1, 0.15) is 43.7 Å². The monoisotopic (exact) mass is 395 g/mol. The van der Waals surface area contributed by atoms with E-state index in [4.69, 9.17) is 5.26 Å². The first-order valence-corrected chi connectivity index (χ1v) is 10.6. The molecule has 1 aromatic carbocycles. The number of nitriles is 1. The van der Waals surface area contributed by atoms with Crippen LogP contribution in [0.5, 0.6) is 0 Å². The molecule has 1 saturated heterocycles. The van der Waals surface area contributed by atoms with Crippen LogP contribution in [0.15, 0.2) is 21.7 Å². The molecule has 1 atom stereocenters. The fourth-order valence-corrected chi connectivity index (χ4v) is 4.58. The highest BCUT2D eigenvalue weighted by Crippen LogP contribution is 2.38. The number of nitrogens with zero attached hydrogens (tertiary/aromatic N) is 4. The summed E-state index contributed by atoms with van der Waals surface area (Å²) in [4.78, 5) is 31.9. The lowest BCUT2D eigenvalue weighted by molar-refractivity contribution is 0.312. The SMILES string of the molecule is Cc1c(N2CCC(CCN(C)CCC#N)C2)ccc2c(=O)[nH]c(=O)n(C3CC3)c12. The summed E-state index contributed by atoms with van der Waals surface area (Å²) in [6.07, 6.45) is 4.84. The van der Waals surface area contributed by atoms with Gasteiger partial charge in [-0.05, 0) is 69.8 Å². The third-order valence-corrected chi connectivity index (χ3v) is 6.39. The number of aromatic nitrogens is 2. The first-order valence-electron chi connectivity index (χ1n) is 10.6. The summed E-state index contributed by atoms with van der Waals surface area (Å²) in [6, 6.07) is 6.33. The molecule has 0 amide bonds. The summed E-state index contributed by atoms with van der Waals surface area (Å²) in [7, 11) is 2.08. The van der Waals surface area contributed by atoms with Gasteiger partial charge in [-0.3, -0.25) is 14.3 Å². The minimum atomic E-state index is -0.295. The van der Waals surface area contributed by atoms with E-state index in [2.05, 4.69) is 27.9 Å². The van der Waals surface area contributed by atoms with Crippen molar-refractivity contribution in [1.29, 1.82) is 5.26 Å². The average molecular weight is 396 g/mol. The van der Waals surface area contributed by atoms with Crippen LogP contribution in [0, 0.1) is 24.2 Å². The normalized spacial score (nSPS) is 19.2. The Morgan fingerprint density at radius 3 is 2.76 bits per heavy atom. The van der Waals surface area contributed by atoms with Crippen molar-refractivity contribution >= 4 is 16.6 Å². The number of rotatable bonds is 7. The second-order valence-electron chi connectivity index (χ2n) is 8.57. The maximum absolute atomic E-state index is 12.5. The predicted molar refractivity (Wildman–Crippen MR) is 115 cm³/mol. The summed E-state index contributed by atoms with van der Waals surface area (Å²) >= 11 is 0. The highest BCUT2D eigenvalue weighted by atomic mass is 16.2. The molecule has 2 fully saturated rings. The molecule has 2 heterocycles. The molecule has 1 aromatic heterocycles. The van der Waals surface area contributed by atoms with Gasteiger partial charge in [0.15, 0.2) is 0 Å². The van der Waals surface area contributed by atoms with E-state index in [-0.39, 0.29) is 17.3 Å². The molecule has 0 spiro atoms. The molecule has 0 bridgehead atoms. The number of H-pyrrole nitrogens is 1. The van der Waals surface area contributed by atoms with E-state index < -0.39 is 0 Å². The van der Waals surface area contributed by atoms with Gasteiger partial charge in [-0.15, -0.1) is 0 Å². The van der Waals surface area contributed by atoms with Gasteiger partial charge in [-0.1, -0.05) is 0 Å². The third kappa shape index (κ3) is 3.95. The van der Waals surface area contributed by atoms with Crippen molar-refractivity contribution in [2.45, 2.75) is 45.1 Å². The second-order valence-corrected chi connectivity index (χ2v) is 8.57. The largest absolute Gasteiger partial charge is 0.371 e. The van der Waals surface area contributed by atoms with Crippen LogP contribution in [0.3, 0.4) is 0 Å². The van der Waals surface area contributed by atoms with Gasteiger partial charge in [0.25, 0.3) is 5.56 Å². The van der Waals surface area contributed by atoms with Gasteiger partial charge in [0.1, 0.15) is 0 Å². The van der Waals surface area contributed by atoms with Crippen molar-refractivity contribution < 1.29 is 0 Å². The average Bonchev–Trinajstić information content (AvgIpc) is 3.42. The Bertz CT molecular complexity index is 1060. The van der Waals surface area contributed by atoms with Crippen LogP contribution in [-0.2, 0) is 0 Å². The molecular weight excluding hydrogens is 366 g/mol. The van der Waals surface area contributed by atoms with Crippen molar-refractivity contribution in [3.8, 4) is 6.07 Å². The zero-order valence-corrected chi connectivity index (χ0v) is 17.3. The van der Waals surface area contributed by atoms with Crippen LogP contribution >= 0.6 is 0 Å². The maximum Gasteiger partial charge on any atom is 0.329 e. The Balaban J connectivity index is 1.55. The molecular formula is C22H29N5O2. The van der Waals surface area contributed by atoms with Crippen LogP contribution in [0.25, 0.3) is 10.9 Å². The molecule has 29 heavy (non-hydrogen) atoms. The Hall–Kier alpha value is -2.59. The number of aryl methyl sites for hydroxylation is 1. The Kier molecular flexibility index (Phi) is 5.46. The van der Waals surface area contributed by atoms with Gasteiger partial charge < -0.3 is 9.80 Å². The van der Waals surface area contributed by atoms with Gasteiger partial charge in [-0.2, -0.15) is 5.26 Å². The fraction of sp³-hybridized carbons (Fsp3) is 0.591. The summed E-state index contributed by atoms with van der Waals surface area (Å²) in [5.41, 5.74) is 2.39. The standard InChI is InChI=1S/C22H29N5O2/c1-15-19(26-13-9-16(14-26)8-12-25(2)11-3-10-23)7-6-18-20(15)27(17-4-5-17)22(29)24-21(18)28/h6-7,16-17H,3-5,8-9,11-14H2,1-2H3,(H,24,28,29). The number of nitrogens with one attached hydrogen (secondary N) is 1. The second kappa shape index (κ2) is 8.03. The van der Waals surface area contributed by atoms with Gasteiger partial charge in [0, 0.05) is 37.8 Å². The number of anilines is 1. The predicted octanol–water partition coefficient (Wildman–Crippen LogP) is 2.40. The molecule has 154 valence electrons. The van der Waals surface area contributed by atoms with E-state index in [0.29, 0.717) is 17.7 Å². The van der Waals surface area contributed by atoms with E-state index in [0.717, 1.165) is 68.6 Å². The number of benzene rings is 1. The van der Waals surface area contributed by atoms with Crippen molar-refractivity contribution in [2.75, 3.05) is 38.1 Å². The molecule has 1 saturated carbocycles. The smallest absolute Gasteiger partial charge is 0.329 e. The summed E-state index contributed by atoms with van der Waals surface area (Å²) in [5, 5.41) is 9.33. The zero-order chi connectivity index (χ0) is 20.5. The van der Waals surface area contributed by atoms with Gasteiger partial charge in [-0.25, -0.2) is 4.79 Å². The van der Waals surface area contributed by atoms with E-state index in [9.17, 15) is 9.59 Å². The highest BCUT2D eigenvalue weighted by molar-refractivity contribution is 5.86. The van der Waals surface area contributed by atoms with Crippen molar-refractivity contribution in [3.05, 3.63) is 38.5 Å². The van der Waals surface area contributed by atoms with Crippen LogP contribution in [0.2, 0.25) is 0 Å². The van der Waals surface area contributed by atoms with Crippen LogP contribution in [-0.4, -0.2) is 47.7 Å². The van der Waals surface area contributed by atoms with Gasteiger partial charge in [0.05, 0.1) is 17.0 Å². The van der Waals surface area contributed by atoms with E-state index >= 15 is 0 Å². The Morgan fingerprint density at radius 2 is 2.03 bits per heavy atom. The van der Waals surface area contributed by atoms with Crippen molar-refractivity contribution in [3.63, 3.8) is 0 Å². The van der Waals surface area contributed by atoms with E-state index in [1.54, 1.807) is 4.57 Å². The minimum Gasteiger partial charge on any atom is -0.371 e. The molecule has 7 nitrogen and oxygen atoms in total. The molecule has 1 aliphatic carbocycles. The summed E-state index contributed by atoms with van der Waals surface area (Å²) in [5.74, 6) is 0.624. The molecule has 7 heteroatoms. The van der Waals surface area contributed by atoms with Crippen LogP contribution in [0.4, 0.5) is 5.69 Å². The molecule has 0 radical (unpaired) electrons. The number of hydrogen-bond acceptors (Lipinski definition) is 5. The first-order chi connectivity index (χ1) is 14.0. The zero-order valence-electron chi connectivity index (χ0n) is 17.3. The molecule has 1 unspecified atom stereocenters. The lowest BCUT2D eigenvalue weighted by Crippen LogP contribution is -2.31. The lowest BCUT2D eigenvalue weighted by atomic mass is 10.0. The fourth-order valence-electron chi connectivity index (χ4n) is 4.58. The summed E-state index contributed by atoms with van der Waals surface area (Å²) < 4.78 is 1.80. The Morgan fingerprint density at radius 1 is 1.24 bits per heavy atom. The number of aromatic amines is 1. The molecule has 1 aliphatic heterocycles. The number of fused-ring (bicyclic) bond motifs is 1. The Labute approximate surface area is 170 Å². The summed E-state index contributed by atoms with van der Waals surface area (Å²) in [6.45, 7) is 5.86. The number of hydrogen-bond donors (Lipinski definition) is 1. The molecule has 1 N–H and O–H groups in total. The topological polar surface area (TPSA) is 85.1 Å². The van der Waals surface area contributed by atoms with Gasteiger partial charge in [0.2, 0.25) is 0 Å². The minimum absolute atomic E-state index is 0.214. The third-order valence-electron chi connectivity index (χ3n) is 6.39. The van der Waals surface area contributed by atoms with Gasteiger partial charge >= 0.3 is 5.69 Å². The first kappa shape index (κ1) is 19.7. The van der Waals surface area contributed by atoms with Crippen molar-refractivity contribution in [1.82, 2.24) is 14.5 Å². The van der Waals surface area contributed by atoms with E-state index in [1.165, 1.54) is 0 Å². The van der Waals surface area contributed by atoms with Crippen molar-refractivity contribution in [2.24, 2.45) is 5.92 Å². The highest BCUT2D eigenvalue weighted by Gasteiger charge is 2.29. The molecule has 4 rings (SSSR count). The molecule has 2 aromatic rings. The van der Waals surface area contributed by atoms with E-state index in [1.807, 2.05) is 19.1 Å². The maximum atomic E-state index is 12.5.